The largest absolute Gasteiger partial charge is 0.361 e. The van der Waals surface area contributed by atoms with Crippen LogP contribution in [0.3, 0.4) is 0 Å². The van der Waals surface area contributed by atoms with E-state index in [4.69, 9.17) is 11.6 Å². The number of amides is 1. The van der Waals surface area contributed by atoms with E-state index in [2.05, 4.69) is 20.3 Å². The number of nitrogens with zero attached hydrogens (tertiary/aromatic N) is 4. The molecule has 0 aliphatic carbocycles. The molecule has 0 spiro atoms. The highest BCUT2D eigenvalue weighted by atomic mass is 35.5. The molecule has 0 aromatic carbocycles. The summed E-state index contributed by atoms with van der Waals surface area (Å²) in [5.41, 5.74) is 6.41. The molecule has 1 unspecified atom stereocenters. The van der Waals surface area contributed by atoms with Crippen LogP contribution in [0.1, 0.15) is 44.9 Å². The van der Waals surface area contributed by atoms with Gasteiger partial charge in [-0.05, 0) is 26.7 Å². The van der Waals surface area contributed by atoms with Gasteiger partial charge in [-0.15, -0.1) is 22.7 Å². The van der Waals surface area contributed by atoms with E-state index in [1.807, 2.05) is 24.3 Å². The lowest BCUT2D eigenvalue weighted by atomic mass is 9.92. The number of hydrogen-bond acceptors (Lipinski definition) is 7. The normalized spacial score (nSPS) is 20.9. The van der Waals surface area contributed by atoms with Gasteiger partial charge in [0, 0.05) is 30.9 Å². The molecule has 2 aromatic heterocycles. The van der Waals surface area contributed by atoms with Crippen LogP contribution in [0, 0.1) is 19.8 Å². The molecule has 2 aliphatic heterocycles. The van der Waals surface area contributed by atoms with Crippen molar-refractivity contribution in [2.45, 2.75) is 32.9 Å². The minimum atomic E-state index is -0.130. The number of likely N-dealkylation sites (tertiary alicyclic amines) is 1. The number of piperidine rings is 1. The molecule has 0 bridgehead atoms. The lowest BCUT2D eigenvalue weighted by molar-refractivity contribution is 0.0703. The van der Waals surface area contributed by atoms with Crippen LogP contribution in [0.15, 0.2) is 26.7 Å². The van der Waals surface area contributed by atoms with Crippen LogP contribution in [-0.4, -0.2) is 40.1 Å². The summed E-state index contributed by atoms with van der Waals surface area (Å²) in [6.45, 7) is 5.32. The number of aliphatic imine (C=N–C) groups is 1. The third-order valence-electron chi connectivity index (χ3n) is 5.05. The molecule has 1 saturated heterocycles. The lowest BCUT2D eigenvalue weighted by Gasteiger charge is -2.35. The lowest BCUT2D eigenvalue weighted by Crippen LogP contribution is -2.41. The van der Waals surface area contributed by atoms with Crippen molar-refractivity contribution in [2.75, 3.05) is 13.1 Å². The predicted octanol–water partition coefficient (Wildman–Crippen LogP) is 3.89. The van der Waals surface area contributed by atoms with E-state index < -0.39 is 0 Å². The standard InChI is InChI=1S/C18H20ClN5OS2/c1-10-15(26-8-21-10)17-20-7-13(19)14(23-17)12-3-5-24(6-4-12)18(25)16-11(2)22-9-27-16/h7-9,12,17,23H,3-6H2,1-2H3. The fourth-order valence-corrected chi connectivity index (χ4v) is 5.34. The highest BCUT2D eigenvalue weighted by Crippen LogP contribution is 2.33. The van der Waals surface area contributed by atoms with Crippen LogP contribution in [0.4, 0.5) is 0 Å². The summed E-state index contributed by atoms with van der Waals surface area (Å²) >= 11 is 9.46. The quantitative estimate of drug-likeness (QED) is 0.816. The molecule has 6 nitrogen and oxygen atoms in total. The second-order valence-corrected chi connectivity index (χ2v) is 8.87. The van der Waals surface area contributed by atoms with Gasteiger partial charge in [0.25, 0.3) is 5.91 Å². The minimum Gasteiger partial charge on any atom is -0.361 e. The Kier molecular flexibility index (Phi) is 5.29. The van der Waals surface area contributed by atoms with Gasteiger partial charge in [-0.3, -0.25) is 9.79 Å². The maximum atomic E-state index is 12.7. The fourth-order valence-electron chi connectivity index (χ4n) is 3.50. The average molecular weight is 422 g/mol. The van der Waals surface area contributed by atoms with Crippen molar-refractivity contribution in [3.8, 4) is 0 Å². The molecule has 9 heteroatoms. The molecule has 2 aromatic rings. The summed E-state index contributed by atoms with van der Waals surface area (Å²) in [5, 5.41) is 4.17. The van der Waals surface area contributed by atoms with Crippen molar-refractivity contribution in [3.63, 3.8) is 0 Å². The molecule has 4 rings (SSSR count). The molecular weight excluding hydrogens is 402 g/mol. The van der Waals surface area contributed by atoms with Crippen LogP contribution in [-0.2, 0) is 0 Å². The van der Waals surface area contributed by atoms with E-state index in [0.29, 0.717) is 11.0 Å². The summed E-state index contributed by atoms with van der Waals surface area (Å²) in [6, 6.07) is 0. The van der Waals surface area contributed by atoms with Crippen LogP contribution >= 0.6 is 34.3 Å². The second kappa shape index (κ2) is 7.69. The van der Waals surface area contributed by atoms with Gasteiger partial charge in [-0.25, -0.2) is 9.97 Å². The number of halogens is 1. The Bertz CT molecular complexity index is 911. The van der Waals surface area contributed by atoms with Crippen LogP contribution in [0.5, 0.6) is 0 Å². The number of carbonyl (C=O) groups is 1. The maximum absolute atomic E-state index is 12.7. The van der Waals surface area contributed by atoms with Crippen molar-refractivity contribution in [1.82, 2.24) is 20.2 Å². The van der Waals surface area contributed by atoms with Gasteiger partial charge in [-0.1, -0.05) is 11.6 Å². The molecule has 1 atom stereocenters. The highest BCUT2D eigenvalue weighted by Gasteiger charge is 2.31. The third kappa shape index (κ3) is 3.66. The molecule has 2 aliphatic rings. The van der Waals surface area contributed by atoms with E-state index in [0.717, 1.165) is 52.8 Å². The number of allylic oxidation sites excluding steroid dienone is 2. The zero-order valence-corrected chi connectivity index (χ0v) is 17.5. The highest BCUT2D eigenvalue weighted by molar-refractivity contribution is 7.11. The van der Waals surface area contributed by atoms with E-state index in [9.17, 15) is 4.79 Å². The minimum absolute atomic E-state index is 0.0878. The molecular formula is C18H20ClN5OS2. The van der Waals surface area contributed by atoms with E-state index in [1.165, 1.54) is 11.3 Å². The van der Waals surface area contributed by atoms with Crippen molar-refractivity contribution in [3.05, 3.63) is 42.9 Å². The van der Waals surface area contributed by atoms with Gasteiger partial charge in [0.15, 0.2) is 6.17 Å². The summed E-state index contributed by atoms with van der Waals surface area (Å²) in [7, 11) is 0. The molecule has 27 heavy (non-hydrogen) atoms. The predicted molar refractivity (Wildman–Crippen MR) is 110 cm³/mol. The zero-order chi connectivity index (χ0) is 19.0. The molecule has 0 radical (unpaired) electrons. The van der Waals surface area contributed by atoms with Gasteiger partial charge >= 0.3 is 0 Å². The molecule has 4 heterocycles. The van der Waals surface area contributed by atoms with Crippen LogP contribution in [0.25, 0.3) is 0 Å². The molecule has 1 amide bonds. The molecule has 1 N–H and O–H groups in total. The average Bonchev–Trinajstić information content (AvgIpc) is 3.30. The number of rotatable bonds is 3. The van der Waals surface area contributed by atoms with Gasteiger partial charge < -0.3 is 10.2 Å². The van der Waals surface area contributed by atoms with E-state index in [-0.39, 0.29) is 12.1 Å². The fraction of sp³-hybridized carbons (Fsp3) is 0.444. The first kappa shape index (κ1) is 18.6. The number of thiazole rings is 2. The molecule has 142 valence electrons. The van der Waals surface area contributed by atoms with Gasteiger partial charge in [0.1, 0.15) is 4.88 Å². The van der Waals surface area contributed by atoms with Crippen molar-refractivity contribution < 1.29 is 4.79 Å². The summed E-state index contributed by atoms with van der Waals surface area (Å²) in [5.74, 6) is 0.386. The first-order valence-electron chi connectivity index (χ1n) is 8.83. The van der Waals surface area contributed by atoms with Crippen molar-refractivity contribution >= 4 is 46.4 Å². The smallest absolute Gasteiger partial charge is 0.265 e. The van der Waals surface area contributed by atoms with Gasteiger partial charge in [0.2, 0.25) is 0 Å². The zero-order valence-electron chi connectivity index (χ0n) is 15.1. The van der Waals surface area contributed by atoms with Gasteiger partial charge in [0.05, 0.1) is 32.3 Å². The monoisotopic (exact) mass is 421 g/mol. The number of carbonyl (C=O) groups excluding carboxylic acids is 1. The second-order valence-electron chi connectivity index (χ2n) is 6.72. The third-order valence-corrected chi connectivity index (χ3v) is 7.25. The number of aryl methyl sites for hydroxylation is 2. The SMILES string of the molecule is Cc1ncsc1C(=O)N1CCC(C2=C(Cl)C=NC(c3scnc3C)N2)CC1. The Balaban J connectivity index is 1.43. The summed E-state index contributed by atoms with van der Waals surface area (Å²) in [6.07, 6.45) is 3.37. The first-order valence-corrected chi connectivity index (χ1v) is 11.0. The molecule has 0 saturated carbocycles. The summed E-state index contributed by atoms with van der Waals surface area (Å²) < 4.78 is 0. The summed E-state index contributed by atoms with van der Waals surface area (Å²) in [4.78, 5) is 29.5. The maximum Gasteiger partial charge on any atom is 0.265 e. The van der Waals surface area contributed by atoms with E-state index >= 15 is 0 Å². The Morgan fingerprint density at radius 2 is 1.89 bits per heavy atom. The number of hydrogen-bond donors (Lipinski definition) is 1. The topological polar surface area (TPSA) is 70.5 Å². The van der Waals surface area contributed by atoms with Crippen molar-refractivity contribution in [1.29, 1.82) is 0 Å². The Morgan fingerprint density at radius 1 is 1.19 bits per heavy atom. The van der Waals surface area contributed by atoms with Gasteiger partial charge in [-0.2, -0.15) is 0 Å². The van der Waals surface area contributed by atoms with E-state index in [1.54, 1.807) is 23.1 Å². The van der Waals surface area contributed by atoms with Crippen molar-refractivity contribution in [2.24, 2.45) is 10.9 Å². The first-order chi connectivity index (χ1) is 13.0. The Labute approximate surface area is 171 Å². The Morgan fingerprint density at radius 3 is 2.52 bits per heavy atom. The number of nitrogens with one attached hydrogen (secondary N) is 1. The number of aromatic nitrogens is 2. The Hall–Kier alpha value is -1.77. The molecule has 1 fully saturated rings. The van der Waals surface area contributed by atoms with Crippen LogP contribution < -0.4 is 5.32 Å². The van der Waals surface area contributed by atoms with Crippen LogP contribution in [0.2, 0.25) is 0 Å².